The Morgan fingerprint density at radius 3 is 2.45 bits per heavy atom. The van der Waals surface area contributed by atoms with Crippen LogP contribution in [0.25, 0.3) is 22.3 Å². The molecule has 15 heteroatoms. The minimum absolute atomic E-state index is 0.0903. The number of benzene rings is 2. The fraction of sp³-hybridized carbons (Fsp3) is 0.447. The number of fused-ring (bicyclic) bond motifs is 1. The van der Waals surface area contributed by atoms with Gasteiger partial charge in [-0.15, -0.1) is 10.2 Å². The van der Waals surface area contributed by atoms with Gasteiger partial charge in [0.25, 0.3) is 5.91 Å². The Hall–Kier alpha value is -6.06. The number of aryl methyl sites for hydroxylation is 3. The van der Waals surface area contributed by atoms with E-state index in [-0.39, 0.29) is 36.2 Å². The van der Waals surface area contributed by atoms with E-state index in [0.29, 0.717) is 54.4 Å². The Balaban J connectivity index is 0.790. The lowest BCUT2D eigenvalue weighted by atomic mass is 9.92. The molecule has 0 saturated carbocycles. The van der Waals surface area contributed by atoms with Crippen molar-refractivity contribution in [1.82, 2.24) is 34.9 Å². The summed E-state index contributed by atoms with van der Waals surface area (Å²) in [5.74, 6) is 0.838. The smallest absolute Gasteiger partial charge is 0.328 e. The van der Waals surface area contributed by atoms with Crippen molar-refractivity contribution in [2.75, 3.05) is 67.9 Å². The summed E-state index contributed by atoms with van der Waals surface area (Å²) in [6.07, 6.45) is 7.92. The van der Waals surface area contributed by atoms with Gasteiger partial charge < -0.3 is 34.8 Å². The number of pyridine rings is 1. The molecule has 4 fully saturated rings. The first-order valence-corrected chi connectivity index (χ1v) is 21.9. The van der Waals surface area contributed by atoms with Gasteiger partial charge in [0.15, 0.2) is 5.82 Å². The highest BCUT2D eigenvalue weighted by Gasteiger charge is 2.33. The van der Waals surface area contributed by atoms with Crippen LogP contribution in [0.4, 0.5) is 22.0 Å². The van der Waals surface area contributed by atoms with Gasteiger partial charge >= 0.3 is 6.03 Å². The molecule has 62 heavy (non-hydrogen) atoms. The Bertz CT molecular complexity index is 2520. The van der Waals surface area contributed by atoms with E-state index in [4.69, 9.17) is 15.5 Å². The lowest BCUT2D eigenvalue weighted by molar-refractivity contribution is -0.120. The first kappa shape index (κ1) is 41.3. The van der Waals surface area contributed by atoms with Crippen LogP contribution in [0, 0.1) is 26.7 Å². The predicted molar refractivity (Wildman–Crippen MR) is 238 cm³/mol. The normalized spacial score (nSPS) is 20.9. The summed E-state index contributed by atoms with van der Waals surface area (Å²) < 4.78 is 8.83. The van der Waals surface area contributed by atoms with E-state index in [1.54, 1.807) is 23.2 Å². The molecule has 15 nitrogen and oxygen atoms in total. The van der Waals surface area contributed by atoms with Crippen LogP contribution in [0.5, 0.6) is 5.75 Å². The van der Waals surface area contributed by atoms with Crippen LogP contribution in [-0.4, -0.2) is 111 Å². The largest absolute Gasteiger partial charge is 0.507 e. The fourth-order valence-corrected chi connectivity index (χ4v) is 9.95. The van der Waals surface area contributed by atoms with Gasteiger partial charge in [-0.3, -0.25) is 19.8 Å². The third kappa shape index (κ3) is 8.18. The van der Waals surface area contributed by atoms with Gasteiger partial charge in [0.1, 0.15) is 17.5 Å². The number of phenols is 1. The molecular formula is C47H56N10O5. The SMILES string of the molecule is Cc1cc([C@@H]2CN(c3cc(-c4ccccc4O)nnc3N)C[C@H](C)O2)c(C)cc1C(=O)N1CCC(CN2CCC(n3cc(C)c4cc(N5CCC(=O)NC5=O)cnc43)CC2)CC1. The van der Waals surface area contributed by atoms with Gasteiger partial charge in [-0.05, 0) is 112 Å². The molecule has 7 heterocycles. The first-order chi connectivity index (χ1) is 29.9. The lowest BCUT2D eigenvalue weighted by Crippen LogP contribution is -2.49. The quantitative estimate of drug-likeness (QED) is 0.160. The second-order valence-corrected chi connectivity index (χ2v) is 17.7. The van der Waals surface area contributed by atoms with E-state index in [1.807, 2.05) is 49.1 Å². The van der Waals surface area contributed by atoms with E-state index >= 15 is 0 Å². The van der Waals surface area contributed by atoms with Crippen LogP contribution in [0.15, 0.2) is 60.9 Å². The van der Waals surface area contributed by atoms with Crippen LogP contribution in [0.1, 0.15) is 83.8 Å². The van der Waals surface area contributed by atoms with Gasteiger partial charge in [0.05, 0.1) is 29.4 Å². The molecule has 4 N–H and O–H groups in total. The number of nitrogen functional groups attached to an aromatic ring is 1. The number of hydrogen-bond donors (Lipinski definition) is 3. The molecule has 324 valence electrons. The number of morpholine rings is 1. The number of carbonyl (C=O) groups excluding carboxylic acids is 3. The number of aromatic nitrogens is 4. The number of urea groups is 1. The van der Waals surface area contributed by atoms with Gasteiger partial charge in [-0.25, -0.2) is 9.78 Å². The number of ether oxygens (including phenoxy) is 1. The molecule has 0 spiro atoms. The number of para-hydroxylation sites is 1. The molecule has 2 aromatic carbocycles. The molecule has 0 unspecified atom stereocenters. The van der Waals surface area contributed by atoms with Crippen LogP contribution < -0.4 is 20.9 Å². The van der Waals surface area contributed by atoms with E-state index in [0.717, 1.165) is 103 Å². The topological polar surface area (TPSA) is 175 Å². The summed E-state index contributed by atoms with van der Waals surface area (Å²) in [4.78, 5) is 51.4. The maximum Gasteiger partial charge on any atom is 0.328 e. The predicted octanol–water partition coefficient (Wildman–Crippen LogP) is 6.31. The van der Waals surface area contributed by atoms with Crippen LogP contribution >= 0.6 is 0 Å². The van der Waals surface area contributed by atoms with E-state index in [2.05, 4.69) is 56.0 Å². The van der Waals surface area contributed by atoms with Crippen molar-refractivity contribution in [1.29, 1.82) is 0 Å². The van der Waals surface area contributed by atoms with Crippen LogP contribution in [-0.2, 0) is 9.53 Å². The summed E-state index contributed by atoms with van der Waals surface area (Å²) in [5, 5.41) is 22.4. The summed E-state index contributed by atoms with van der Waals surface area (Å²) in [6, 6.07) is 15.1. The Morgan fingerprint density at radius 2 is 1.69 bits per heavy atom. The lowest BCUT2D eigenvalue weighted by Gasteiger charge is -2.39. The average molecular weight is 841 g/mol. The zero-order chi connectivity index (χ0) is 43.2. The molecule has 4 saturated heterocycles. The summed E-state index contributed by atoms with van der Waals surface area (Å²) >= 11 is 0. The molecule has 2 atom stereocenters. The molecule has 0 aliphatic carbocycles. The van der Waals surface area contributed by atoms with Crippen molar-refractivity contribution in [3.05, 3.63) is 88.7 Å². The van der Waals surface area contributed by atoms with Crippen molar-refractivity contribution in [2.24, 2.45) is 5.92 Å². The zero-order valence-electron chi connectivity index (χ0n) is 36.0. The third-order valence-corrected chi connectivity index (χ3v) is 13.4. The van der Waals surface area contributed by atoms with Crippen LogP contribution in [0.2, 0.25) is 0 Å². The third-order valence-electron chi connectivity index (χ3n) is 13.4. The van der Waals surface area contributed by atoms with Gasteiger partial charge in [0, 0.05) is 87.5 Å². The summed E-state index contributed by atoms with van der Waals surface area (Å²) in [5.41, 5.74) is 14.8. The average Bonchev–Trinajstić information content (AvgIpc) is 3.60. The fourth-order valence-electron chi connectivity index (χ4n) is 9.95. The number of carbonyl (C=O) groups is 3. The highest BCUT2D eigenvalue weighted by molar-refractivity contribution is 6.06. The van der Waals surface area contributed by atoms with Crippen molar-refractivity contribution in [3.63, 3.8) is 0 Å². The van der Waals surface area contributed by atoms with Crippen molar-refractivity contribution in [3.8, 4) is 17.0 Å². The van der Waals surface area contributed by atoms with Crippen molar-refractivity contribution < 1.29 is 24.2 Å². The van der Waals surface area contributed by atoms with Gasteiger partial charge in [-0.2, -0.15) is 0 Å². The number of anilines is 3. The molecule has 4 amide bonds. The summed E-state index contributed by atoms with van der Waals surface area (Å²) in [6.45, 7) is 14.3. The monoisotopic (exact) mass is 840 g/mol. The van der Waals surface area contributed by atoms with Gasteiger partial charge in [0.2, 0.25) is 5.91 Å². The first-order valence-electron chi connectivity index (χ1n) is 21.9. The number of aromatic hydroxyl groups is 1. The zero-order valence-corrected chi connectivity index (χ0v) is 36.0. The minimum Gasteiger partial charge on any atom is -0.507 e. The van der Waals surface area contributed by atoms with E-state index in [1.165, 1.54) is 0 Å². The number of phenolic OH excluding ortho intramolecular Hbond substituents is 1. The number of amides is 4. The second kappa shape index (κ2) is 17.0. The molecule has 5 aromatic rings. The number of nitrogens with zero attached hydrogens (tertiary/aromatic N) is 8. The molecule has 4 aliphatic heterocycles. The maximum atomic E-state index is 14.0. The standard InChI is InChI=1S/C47H56N10O5/c1-28-20-38(29(2)19-36(28)42-27-55(25-31(4)62-42)40-22-39(51-52-44(40)48)35-7-5-6-8-41(35)58)46(60)54-16-9-32(10-17-54)26-53-14-11-33(12-15-53)57-24-30(3)37-21-34(23-49-45(37)57)56-18-13-43(59)50-47(56)61/h5-8,19-24,31-33,42,58H,9-18,25-27H2,1-4H3,(H2,48,52)(H,50,59,61)/t31-,42-/m0/s1. The molecule has 9 rings (SSSR count). The number of imide groups is 1. The number of hydrogen-bond acceptors (Lipinski definition) is 11. The second-order valence-electron chi connectivity index (χ2n) is 17.7. The number of nitrogens with one attached hydrogen (secondary N) is 1. The molecule has 0 radical (unpaired) electrons. The molecule has 3 aromatic heterocycles. The molecule has 4 aliphatic rings. The Kier molecular flexibility index (Phi) is 11.3. The van der Waals surface area contributed by atoms with Crippen molar-refractivity contribution >= 4 is 46.1 Å². The number of piperidine rings is 2. The Morgan fingerprint density at radius 1 is 0.919 bits per heavy atom. The van der Waals surface area contributed by atoms with E-state index in [9.17, 15) is 19.5 Å². The highest BCUT2D eigenvalue weighted by Crippen LogP contribution is 2.37. The number of likely N-dealkylation sites (tertiary alicyclic amines) is 2. The highest BCUT2D eigenvalue weighted by atomic mass is 16.5. The Labute approximate surface area is 361 Å². The van der Waals surface area contributed by atoms with E-state index < -0.39 is 6.03 Å². The number of rotatable bonds is 8. The minimum atomic E-state index is -0.399. The maximum absolute atomic E-state index is 14.0. The van der Waals surface area contributed by atoms with Gasteiger partial charge in [-0.1, -0.05) is 18.2 Å². The van der Waals surface area contributed by atoms with Crippen molar-refractivity contribution in [2.45, 2.75) is 78.0 Å². The summed E-state index contributed by atoms with van der Waals surface area (Å²) in [7, 11) is 0. The molecule has 0 bridgehead atoms. The number of nitrogens with two attached hydrogens (primary N) is 1. The molecular weight excluding hydrogens is 785 g/mol. The van der Waals surface area contributed by atoms with Crippen LogP contribution in [0.3, 0.4) is 0 Å².